The van der Waals surface area contributed by atoms with E-state index in [4.69, 9.17) is 19.4 Å². The summed E-state index contributed by atoms with van der Waals surface area (Å²) in [6, 6.07) is 7.56. The normalized spacial score (nSPS) is 18.7. The smallest absolute Gasteiger partial charge is 0.451 e. The average molecular weight is 616 g/mol. The molecule has 0 aromatic carbocycles. The third-order valence-corrected chi connectivity index (χ3v) is 8.59. The van der Waals surface area contributed by atoms with Gasteiger partial charge in [0.2, 0.25) is 11.7 Å². The van der Waals surface area contributed by atoms with Gasteiger partial charge in [-0.1, -0.05) is 6.07 Å². The molecule has 0 aliphatic carbocycles. The zero-order chi connectivity index (χ0) is 30.0. The number of rotatable bonds is 9. The third kappa shape index (κ3) is 6.68. The predicted molar refractivity (Wildman–Crippen MR) is 156 cm³/mol. The molecule has 4 aromatic rings. The SMILES string of the molecule is CN=C(COc1cccc(C2CCN(Cc3nc4cc(-c5n[nH]c(C(F)(F)F)n5)ncc4n3C[C@@H]3CCO3)CC2)n1)SC. The van der Waals surface area contributed by atoms with E-state index >= 15 is 0 Å². The summed E-state index contributed by atoms with van der Waals surface area (Å²) in [6.07, 6.45) is 1.95. The molecule has 0 radical (unpaired) electrons. The van der Waals surface area contributed by atoms with Gasteiger partial charge in [0.25, 0.3) is 0 Å². The number of likely N-dealkylation sites (tertiary alicyclic amines) is 1. The summed E-state index contributed by atoms with van der Waals surface area (Å²) in [7, 11) is 1.76. The lowest BCUT2D eigenvalue weighted by atomic mass is 9.93. The Bertz CT molecular complexity index is 1590. The van der Waals surface area contributed by atoms with Gasteiger partial charge in [-0.2, -0.15) is 18.3 Å². The summed E-state index contributed by atoms with van der Waals surface area (Å²) in [5.41, 5.74) is 2.69. The number of aromatic amines is 1. The Morgan fingerprint density at radius 1 is 1.19 bits per heavy atom. The first-order valence-electron chi connectivity index (χ1n) is 14.1. The monoisotopic (exact) mass is 615 g/mol. The quantitative estimate of drug-likeness (QED) is 0.213. The van der Waals surface area contributed by atoms with Crippen molar-refractivity contribution < 1.29 is 22.6 Å². The molecule has 4 aromatic heterocycles. The largest absolute Gasteiger partial charge is 0.471 e. The van der Waals surface area contributed by atoms with E-state index in [2.05, 4.69) is 35.6 Å². The van der Waals surface area contributed by atoms with E-state index in [-0.39, 0.29) is 17.6 Å². The minimum absolute atomic E-state index is 0.0973. The van der Waals surface area contributed by atoms with Crippen molar-refractivity contribution >= 4 is 27.8 Å². The molecule has 15 heteroatoms. The van der Waals surface area contributed by atoms with Crippen LogP contribution in [0.5, 0.6) is 5.88 Å². The number of nitrogens with zero attached hydrogens (tertiary/aromatic N) is 8. The molecule has 2 aliphatic heterocycles. The van der Waals surface area contributed by atoms with E-state index in [0.29, 0.717) is 37.0 Å². The number of aliphatic imine (C=N–C) groups is 1. The topological polar surface area (TPSA) is 119 Å². The minimum atomic E-state index is -4.62. The Balaban J connectivity index is 1.16. The summed E-state index contributed by atoms with van der Waals surface area (Å²) in [5, 5.41) is 6.57. The summed E-state index contributed by atoms with van der Waals surface area (Å²) in [4.78, 5) is 24.2. The summed E-state index contributed by atoms with van der Waals surface area (Å²) in [6.45, 7) is 4.16. The average Bonchev–Trinajstić information content (AvgIpc) is 3.61. The van der Waals surface area contributed by atoms with Crippen LogP contribution in [0.2, 0.25) is 0 Å². The van der Waals surface area contributed by atoms with Crippen LogP contribution in [0.1, 0.15) is 42.5 Å². The fraction of sp³-hybridized carbons (Fsp3) is 0.500. The molecule has 0 saturated carbocycles. The van der Waals surface area contributed by atoms with Crippen molar-refractivity contribution in [3.8, 4) is 17.4 Å². The highest BCUT2D eigenvalue weighted by Gasteiger charge is 2.35. The van der Waals surface area contributed by atoms with Crippen molar-refractivity contribution in [2.24, 2.45) is 4.99 Å². The molecule has 2 fully saturated rings. The standard InChI is InChI=1S/C28H32F3N9O2S/c1-32-25(43-2)16-42-24-5-3-4-19(35-24)17-6-9-39(10-7-17)15-23-34-20-12-21(26-36-27(38-37-26)28(29,30)31)33-13-22(20)40(23)14-18-8-11-41-18/h3-5,12-13,17-18H,6-11,14-16H2,1-2H3,(H,36,37,38)/t18-/m0/s1. The molecule has 0 amide bonds. The lowest BCUT2D eigenvalue weighted by Gasteiger charge is -2.32. The van der Waals surface area contributed by atoms with Gasteiger partial charge in [0, 0.05) is 31.3 Å². The van der Waals surface area contributed by atoms with Crippen LogP contribution >= 0.6 is 11.8 Å². The fourth-order valence-electron chi connectivity index (χ4n) is 5.33. The molecular weight excluding hydrogens is 583 g/mol. The maximum atomic E-state index is 13.0. The second-order valence-corrected chi connectivity index (χ2v) is 11.4. The van der Waals surface area contributed by atoms with Gasteiger partial charge in [-0.15, -0.1) is 11.8 Å². The first-order valence-corrected chi connectivity index (χ1v) is 15.3. The van der Waals surface area contributed by atoms with Crippen molar-refractivity contribution in [1.29, 1.82) is 0 Å². The van der Waals surface area contributed by atoms with E-state index in [0.717, 1.165) is 61.0 Å². The number of thioether (sulfide) groups is 1. The van der Waals surface area contributed by atoms with E-state index in [1.54, 1.807) is 31.1 Å². The van der Waals surface area contributed by atoms with Crippen LogP contribution in [0.25, 0.3) is 22.6 Å². The van der Waals surface area contributed by atoms with Crippen LogP contribution in [-0.4, -0.2) is 90.4 Å². The highest BCUT2D eigenvalue weighted by atomic mass is 32.2. The number of hydrogen-bond acceptors (Lipinski definition) is 10. The van der Waals surface area contributed by atoms with Gasteiger partial charge < -0.3 is 14.0 Å². The molecule has 2 saturated heterocycles. The van der Waals surface area contributed by atoms with Crippen molar-refractivity contribution in [2.75, 3.05) is 39.6 Å². The summed E-state index contributed by atoms with van der Waals surface area (Å²) in [5.74, 6) is 0.517. The second-order valence-electron chi connectivity index (χ2n) is 10.5. The number of alkyl halides is 3. The van der Waals surface area contributed by atoms with Crippen LogP contribution in [0.4, 0.5) is 13.2 Å². The third-order valence-electron chi connectivity index (χ3n) is 7.82. The van der Waals surface area contributed by atoms with Gasteiger partial charge in [-0.3, -0.25) is 20.0 Å². The lowest BCUT2D eigenvalue weighted by molar-refractivity contribution is -0.144. The van der Waals surface area contributed by atoms with Crippen LogP contribution in [0, 0.1) is 0 Å². The maximum Gasteiger partial charge on any atom is 0.451 e. The van der Waals surface area contributed by atoms with Crippen molar-refractivity contribution in [3.63, 3.8) is 0 Å². The number of hydrogen-bond donors (Lipinski definition) is 1. The van der Waals surface area contributed by atoms with E-state index in [1.165, 1.54) is 0 Å². The number of halogens is 3. The molecule has 1 atom stereocenters. The Hall–Kier alpha value is -3.56. The number of fused-ring (bicyclic) bond motifs is 1. The number of aromatic nitrogens is 7. The molecule has 0 unspecified atom stereocenters. The highest BCUT2D eigenvalue weighted by Crippen LogP contribution is 2.31. The van der Waals surface area contributed by atoms with Crippen LogP contribution in [0.15, 0.2) is 35.5 Å². The first kappa shape index (κ1) is 29.5. The number of ether oxygens (including phenoxy) is 2. The van der Waals surface area contributed by atoms with Gasteiger partial charge in [0.15, 0.2) is 5.82 Å². The molecule has 6 heterocycles. The van der Waals surface area contributed by atoms with E-state index in [9.17, 15) is 13.2 Å². The molecule has 1 N–H and O–H groups in total. The number of H-pyrrole nitrogens is 1. The summed E-state index contributed by atoms with van der Waals surface area (Å²) >= 11 is 1.56. The van der Waals surface area contributed by atoms with Gasteiger partial charge in [0.05, 0.1) is 36.4 Å². The Labute approximate surface area is 250 Å². The Morgan fingerprint density at radius 3 is 2.67 bits per heavy atom. The Kier molecular flexibility index (Phi) is 8.63. The molecule has 43 heavy (non-hydrogen) atoms. The van der Waals surface area contributed by atoms with Crippen molar-refractivity contribution in [2.45, 2.75) is 50.6 Å². The van der Waals surface area contributed by atoms with Crippen LogP contribution in [0.3, 0.4) is 0 Å². The zero-order valence-electron chi connectivity index (χ0n) is 23.8. The molecule has 0 spiro atoms. The first-order chi connectivity index (χ1) is 20.8. The lowest BCUT2D eigenvalue weighted by Crippen LogP contribution is -2.35. The van der Waals surface area contributed by atoms with Gasteiger partial charge >= 0.3 is 6.18 Å². The van der Waals surface area contributed by atoms with E-state index < -0.39 is 12.0 Å². The zero-order valence-corrected chi connectivity index (χ0v) is 24.7. The number of piperidine rings is 1. The maximum absolute atomic E-state index is 13.0. The number of nitrogens with one attached hydrogen (secondary N) is 1. The predicted octanol–water partition coefficient (Wildman–Crippen LogP) is 4.57. The van der Waals surface area contributed by atoms with Crippen LogP contribution < -0.4 is 4.74 Å². The molecule has 2 aliphatic rings. The van der Waals surface area contributed by atoms with Crippen LogP contribution in [-0.2, 0) is 24.0 Å². The van der Waals surface area contributed by atoms with Crippen molar-refractivity contribution in [1.82, 2.24) is 39.6 Å². The number of imidazole rings is 1. The number of pyridine rings is 2. The van der Waals surface area contributed by atoms with Gasteiger partial charge in [-0.05, 0) is 50.7 Å². The van der Waals surface area contributed by atoms with Gasteiger partial charge in [0.1, 0.15) is 23.2 Å². The molecule has 11 nitrogen and oxygen atoms in total. The minimum Gasteiger partial charge on any atom is -0.471 e. The molecule has 0 bridgehead atoms. The highest BCUT2D eigenvalue weighted by molar-refractivity contribution is 8.13. The molecule has 6 rings (SSSR count). The second kappa shape index (κ2) is 12.6. The molecular formula is C28H32F3N9O2S. The summed E-state index contributed by atoms with van der Waals surface area (Å²) < 4.78 is 52.8. The van der Waals surface area contributed by atoms with E-state index in [1.807, 2.05) is 23.5 Å². The molecule has 228 valence electrons. The Morgan fingerprint density at radius 2 is 2.00 bits per heavy atom. The fourth-order valence-corrected chi connectivity index (χ4v) is 5.69. The van der Waals surface area contributed by atoms with Gasteiger partial charge in [-0.25, -0.2) is 15.0 Å². The van der Waals surface area contributed by atoms with Crippen molar-refractivity contribution in [3.05, 3.63) is 47.8 Å².